The molecule has 1 N–H and O–H groups in total. The fourth-order valence-electron chi connectivity index (χ4n) is 2.44. The molecule has 1 aliphatic carbocycles. The summed E-state index contributed by atoms with van der Waals surface area (Å²) in [6.07, 6.45) is 6.02. The summed E-state index contributed by atoms with van der Waals surface area (Å²) in [5.74, 6) is 0.556. The predicted molar refractivity (Wildman–Crippen MR) is 90.8 cm³/mol. The van der Waals surface area contributed by atoms with E-state index in [0.717, 1.165) is 26.8 Å². The van der Waals surface area contributed by atoms with Crippen molar-refractivity contribution in [2.24, 2.45) is 0 Å². The summed E-state index contributed by atoms with van der Waals surface area (Å²) in [6.45, 7) is 2.06. The third-order valence-corrected chi connectivity index (χ3v) is 5.00. The molecular weight excluding hydrogens is 366 g/mol. The largest absolute Gasteiger partial charge is 0.321 e. The fraction of sp³-hybridized carbons (Fsp3) is 0.267. The number of fused-ring (bicyclic) bond motifs is 1. The average molecular weight is 379 g/mol. The number of anilines is 2. The van der Waals surface area contributed by atoms with E-state index in [-0.39, 0.29) is 0 Å². The SMILES string of the molecule is Cc1c(Nc2ncc3cc(Cl)c(Br)cc3n2)cnn1C1CC1. The molecule has 0 atom stereocenters. The van der Waals surface area contributed by atoms with E-state index >= 15 is 0 Å². The zero-order valence-electron chi connectivity index (χ0n) is 11.8. The number of halogens is 2. The number of hydrogen-bond acceptors (Lipinski definition) is 4. The van der Waals surface area contributed by atoms with Crippen molar-refractivity contribution in [3.8, 4) is 0 Å². The molecule has 22 heavy (non-hydrogen) atoms. The first-order valence-electron chi connectivity index (χ1n) is 7.05. The van der Waals surface area contributed by atoms with Crippen molar-refractivity contribution in [3.63, 3.8) is 0 Å². The highest BCUT2D eigenvalue weighted by atomic mass is 79.9. The standard InChI is InChI=1S/C15H13BrClN5/c1-8-14(7-19-22(8)10-2-3-10)21-15-18-6-9-4-12(17)11(16)5-13(9)20-15/h4-7,10H,2-3H2,1H3,(H,18,20,21). The van der Waals surface area contributed by atoms with Crippen LogP contribution in [0.5, 0.6) is 0 Å². The summed E-state index contributed by atoms with van der Waals surface area (Å²) < 4.78 is 2.89. The van der Waals surface area contributed by atoms with Crippen LogP contribution in [0.3, 0.4) is 0 Å². The summed E-state index contributed by atoms with van der Waals surface area (Å²) in [6, 6.07) is 4.30. The molecule has 0 radical (unpaired) electrons. The Kier molecular flexibility index (Phi) is 3.31. The van der Waals surface area contributed by atoms with E-state index in [1.165, 1.54) is 12.8 Å². The Balaban J connectivity index is 1.68. The first-order chi connectivity index (χ1) is 10.6. The van der Waals surface area contributed by atoms with Crippen LogP contribution in [0.4, 0.5) is 11.6 Å². The lowest BCUT2D eigenvalue weighted by Crippen LogP contribution is -2.01. The van der Waals surface area contributed by atoms with E-state index in [0.29, 0.717) is 17.0 Å². The summed E-state index contributed by atoms with van der Waals surface area (Å²) in [7, 11) is 0. The maximum atomic E-state index is 6.09. The van der Waals surface area contributed by atoms with Crippen molar-refractivity contribution in [2.75, 3.05) is 5.32 Å². The van der Waals surface area contributed by atoms with Gasteiger partial charge in [0, 0.05) is 16.1 Å². The smallest absolute Gasteiger partial charge is 0.227 e. The van der Waals surface area contributed by atoms with Crippen LogP contribution in [0.25, 0.3) is 10.9 Å². The van der Waals surface area contributed by atoms with Crippen LogP contribution in [0.2, 0.25) is 5.02 Å². The molecule has 2 heterocycles. The number of hydrogen-bond donors (Lipinski definition) is 1. The van der Waals surface area contributed by atoms with Gasteiger partial charge in [-0.05, 0) is 47.8 Å². The van der Waals surface area contributed by atoms with Crippen molar-refractivity contribution in [1.82, 2.24) is 19.7 Å². The van der Waals surface area contributed by atoms with Gasteiger partial charge in [0.15, 0.2) is 0 Å². The first-order valence-corrected chi connectivity index (χ1v) is 8.22. The summed E-state index contributed by atoms with van der Waals surface area (Å²) in [5, 5.41) is 9.24. The van der Waals surface area contributed by atoms with Crippen molar-refractivity contribution in [1.29, 1.82) is 0 Å². The lowest BCUT2D eigenvalue weighted by atomic mass is 10.2. The van der Waals surface area contributed by atoms with Crippen molar-refractivity contribution in [3.05, 3.63) is 39.7 Å². The molecule has 1 aliphatic rings. The fourth-order valence-corrected chi connectivity index (χ4v) is 2.94. The lowest BCUT2D eigenvalue weighted by Gasteiger charge is -2.07. The minimum atomic E-state index is 0.556. The second-order valence-corrected chi connectivity index (χ2v) is 6.72. The molecule has 5 nitrogen and oxygen atoms in total. The van der Waals surface area contributed by atoms with Crippen molar-refractivity contribution >= 4 is 50.1 Å². The third-order valence-electron chi connectivity index (χ3n) is 3.81. The quantitative estimate of drug-likeness (QED) is 0.722. The van der Waals surface area contributed by atoms with Gasteiger partial charge < -0.3 is 5.32 Å². The Labute approximate surface area is 140 Å². The third kappa shape index (κ3) is 2.46. The average Bonchev–Trinajstić information content (AvgIpc) is 3.27. The molecule has 1 fully saturated rings. The van der Waals surface area contributed by atoms with Gasteiger partial charge in [-0.1, -0.05) is 11.6 Å². The summed E-state index contributed by atoms with van der Waals surface area (Å²) >= 11 is 9.51. The van der Waals surface area contributed by atoms with Gasteiger partial charge in [-0.3, -0.25) is 4.68 Å². The van der Waals surface area contributed by atoms with E-state index < -0.39 is 0 Å². The van der Waals surface area contributed by atoms with Gasteiger partial charge in [0.2, 0.25) is 5.95 Å². The van der Waals surface area contributed by atoms with Crippen LogP contribution in [0.1, 0.15) is 24.6 Å². The highest BCUT2D eigenvalue weighted by Gasteiger charge is 2.26. The number of nitrogens with one attached hydrogen (secondary N) is 1. The molecule has 0 bridgehead atoms. The second-order valence-electron chi connectivity index (χ2n) is 5.46. The molecule has 1 aromatic carbocycles. The number of rotatable bonds is 3. The molecule has 0 saturated heterocycles. The highest BCUT2D eigenvalue weighted by Crippen LogP contribution is 2.36. The Hall–Kier alpha value is -1.66. The van der Waals surface area contributed by atoms with Crippen molar-refractivity contribution in [2.45, 2.75) is 25.8 Å². The van der Waals surface area contributed by atoms with Gasteiger partial charge in [-0.15, -0.1) is 0 Å². The molecule has 2 aromatic heterocycles. The molecule has 0 spiro atoms. The second kappa shape index (κ2) is 5.21. The normalized spacial score (nSPS) is 14.5. The van der Waals surface area contributed by atoms with Crippen LogP contribution < -0.4 is 5.32 Å². The molecule has 0 aliphatic heterocycles. The van der Waals surface area contributed by atoms with Gasteiger partial charge in [-0.25, -0.2) is 9.97 Å². The maximum absolute atomic E-state index is 6.09. The predicted octanol–water partition coefficient (Wildman–Crippen LogP) is 4.63. The van der Waals surface area contributed by atoms with Crippen LogP contribution in [0.15, 0.2) is 29.0 Å². The molecule has 4 rings (SSSR count). The summed E-state index contributed by atoms with van der Waals surface area (Å²) in [5.41, 5.74) is 2.89. The van der Waals surface area contributed by atoms with E-state index in [4.69, 9.17) is 11.6 Å². The first kappa shape index (κ1) is 14.0. The number of benzene rings is 1. The Bertz CT molecular complexity index is 872. The van der Waals surface area contributed by atoms with Crippen LogP contribution in [0, 0.1) is 6.92 Å². The molecule has 0 amide bonds. The van der Waals surface area contributed by atoms with E-state index in [1.54, 1.807) is 6.20 Å². The Morgan fingerprint density at radius 2 is 2.14 bits per heavy atom. The van der Waals surface area contributed by atoms with Crippen LogP contribution >= 0.6 is 27.5 Å². The minimum Gasteiger partial charge on any atom is -0.321 e. The molecule has 112 valence electrons. The van der Waals surface area contributed by atoms with E-state index in [1.807, 2.05) is 18.3 Å². The monoisotopic (exact) mass is 377 g/mol. The van der Waals surface area contributed by atoms with Gasteiger partial charge in [0.05, 0.1) is 34.2 Å². The van der Waals surface area contributed by atoms with Gasteiger partial charge in [-0.2, -0.15) is 5.10 Å². The van der Waals surface area contributed by atoms with E-state index in [9.17, 15) is 0 Å². The van der Waals surface area contributed by atoms with Gasteiger partial charge in [0.25, 0.3) is 0 Å². The molecule has 0 unspecified atom stereocenters. The van der Waals surface area contributed by atoms with Crippen LogP contribution in [-0.4, -0.2) is 19.7 Å². The number of nitrogens with zero attached hydrogens (tertiary/aromatic N) is 4. The zero-order chi connectivity index (χ0) is 15.3. The molecule has 3 aromatic rings. The van der Waals surface area contributed by atoms with Crippen molar-refractivity contribution < 1.29 is 0 Å². The van der Waals surface area contributed by atoms with E-state index in [2.05, 4.69) is 47.9 Å². The molecule has 1 saturated carbocycles. The highest BCUT2D eigenvalue weighted by molar-refractivity contribution is 9.10. The minimum absolute atomic E-state index is 0.556. The van der Waals surface area contributed by atoms with Gasteiger partial charge >= 0.3 is 0 Å². The topological polar surface area (TPSA) is 55.6 Å². The molecular formula is C15H13BrClN5. The lowest BCUT2D eigenvalue weighted by molar-refractivity contribution is 0.622. The zero-order valence-corrected chi connectivity index (χ0v) is 14.2. The molecule has 7 heteroatoms. The van der Waals surface area contributed by atoms with Crippen LogP contribution in [-0.2, 0) is 0 Å². The Morgan fingerprint density at radius 1 is 1.32 bits per heavy atom. The number of aromatic nitrogens is 4. The Morgan fingerprint density at radius 3 is 2.91 bits per heavy atom. The summed E-state index contributed by atoms with van der Waals surface area (Å²) in [4.78, 5) is 8.89. The van der Waals surface area contributed by atoms with Gasteiger partial charge in [0.1, 0.15) is 0 Å². The maximum Gasteiger partial charge on any atom is 0.227 e.